The maximum absolute atomic E-state index is 14.7. The normalized spacial score (nSPS) is 16.4. The number of likely N-dealkylation sites (tertiary alicyclic amines) is 1. The number of carbonyl (C=O) groups is 21. The van der Waals surface area contributed by atoms with Gasteiger partial charge in [0.25, 0.3) is 0 Å². The molecule has 0 unspecified atom stereocenters. The van der Waals surface area contributed by atoms with Gasteiger partial charge in [-0.3, -0.25) is 101 Å². The molecule has 0 saturated carbocycles. The van der Waals surface area contributed by atoms with Crippen LogP contribution in [-0.2, 0) is 107 Å². The highest BCUT2D eigenvalue weighted by Crippen LogP contribution is 2.23. The first kappa shape index (κ1) is 109. The van der Waals surface area contributed by atoms with Gasteiger partial charge in [0.2, 0.25) is 100 Å². The molecule has 704 valence electrons. The number of primary amides is 2. The fourth-order valence-corrected chi connectivity index (χ4v) is 12.9. The highest BCUT2D eigenvalue weighted by atomic mass is 16.4. The summed E-state index contributed by atoms with van der Waals surface area (Å²) in [6.45, 7) is 17.5. The second-order valence-corrected chi connectivity index (χ2v) is 32.2. The van der Waals surface area contributed by atoms with Gasteiger partial charge in [-0.25, -0.2) is 4.79 Å². The number of rotatable bonds is 57. The molecular weight excluding hydrogens is 1660 g/mol. The van der Waals surface area contributed by atoms with Gasteiger partial charge in [0.1, 0.15) is 90.6 Å². The summed E-state index contributed by atoms with van der Waals surface area (Å²) in [5.74, 6) is -28.9. The average Bonchev–Trinajstić information content (AvgIpc) is 1.26. The molecule has 1 aliphatic rings. The molecule has 0 aromatic heterocycles. The molecule has 29 N–H and O–H groups in total. The Hall–Kier alpha value is -12.7. The summed E-state index contributed by atoms with van der Waals surface area (Å²) in [5.41, 5.74) is 22.5. The van der Waals surface area contributed by atoms with Crippen molar-refractivity contribution in [3.8, 4) is 0 Å². The van der Waals surface area contributed by atoms with Crippen molar-refractivity contribution >= 4 is 130 Å². The zero-order valence-corrected chi connectivity index (χ0v) is 72.8. The molecule has 126 heavy (non-hydrogen) atoms. The Morgan fingerprint density at radius 1 is 0.437 bits per heavy atom. The molecule has 18 atom stereocenters. The molecule has 47 heteroatoms. The third-order valence-corrected chi connectivity index (χ3v) is 20.2. The summed E-state index contributed by atoms with van der Waals surface area (Å²) in [4.78, 5) is 285. The highest BCUT2D eigenvalue weighted by Gasteiger charge is 2.43. The van der Waals surface area contributed by atoms with E-state index >= 15 is 0 Å². The minimum absolute atomic E-state index is 0.000423. The molecule has 1 aromatic rings. The number of aliphatic carboxylic acids is 4. The Labute approximate surface area is 727 Å². The number of aliphatic hydroxyl groups is 1. The number of hydrogen-bond acceptors (Lipinski definition) is 24. The fraction of sp³-hybridized carbons (Fsp3) is 0.646. The van der Waals surface area contributed by atoms with Crippen LogP contribution in [0.2, 0.25) is 0 Å². The standard InChI is InChI=1S/C79H127N21O26/c1-13-39(9)61(75(122)94-47(30-43-20-16-15-17-21-43)67(114)87-44(24-25-55(81)102)65(112)98-62(40(10)14-2)76(123)96-53(35-101)72(119)88-45(78(125)126)22-18-26-85-79(83)84)99-70(117)48(31-56(82)103)89-64(111)42(12)86-66(113)46(28-36(3)4)93-74(121)60(38(7)8)97-71(118)51(34-59(108)109)91-68(115)49(32-57(104)105)90-69(116)50(33-58(106)107)92-73(120)54-23-19-27-100(54)77(124)52(29-37(5)6)95-63(110)41(11)80/h15-17,20-21,36-42,44-54,60-62,101H,13-14,18-19,22-35,80H2,1-12H3,(H2,81,102)(H2,82,103)(H,86,113)(H,87,114)(H,88,119)(H,89,111)(H,90,116)(H,91,115)(H,92,120)(H,93,121)(H,94,122)(H,95,110)(H,96,123)(H,97,118)(H,98,112)(H,99,117)(H,104,105)(H,106,107)(H,108,109)(H,125,126)(H4,83,84,85)/t39-,40-,41-,42-,44-,45-,46-,47-,48-,49-,50-,51-,52-,53-,54-,60-,61-,62-/m0/s1. The van der Waals surface area contributed by atoms with Crippen LogP contribution in [0.3, 0.4) is 0 Å². The number of carboxylic acids is 4. The number of nitrogens with two attached hydrogens (primary N) is 4. The zero-order chi connectivity index (χ0) is 95.9. The number of carbonyl (C=O) groups excluding carboxylic acids is 17. The van der Waals surface area contributed by atoms with Crippen molar-refractivity contribution in [2.75, 3.05) is 19.7 Å². The molecule has 0 radical (unpaired) electrons. The predicted molar refractivity (Wildman–Crippen MR) is 447 cm³/mol. The van der Waals surface area contributed by atoms with Gasteiger partial charge in [-0.15, -0.1) is 0 Å². The van der Waals surface area contributed by atoms with Crippen LogP contribution in [0.4, 0.5) is 0 Å². The topological polar surface area (TPSA) is 771 Å². The van der Waals surface area contributed by atoms with Crippen LogP contribution in [0.5, 0.6) is 0 Å². The maximum atomic E-state index is 14.7. The van der Waals surface area contributed by atoms with Gasteiger partial charge in [-0.1, -0.05) is 112 Å². The Bertz CT molecular complexity index is 4020. The van der Waals surface area contributed by atoms with E-state index in [1.165, 1.54) is 34.6 Å². The van der Waals surface area contributed by atoms with Crippen LogP contribution in [-0.4, -0.2) is 277 Å². The Morgan fingerprint density at radius 3 is 1.29 bits per heavy atom. The van der Waals surface area contributed by atoms with Crippen molar-refractivity contribution in [1.82, 2.24) is 84.7 Å². The Balaban J connectivity index is 2.46. The van der Waals surface area contributed by atoms with Crippen LogP contribution in [0, 0.1) is 35.0 Å². The monoisotopic (exact) mass is 1790 g/mol. The Kier molecular flexibility index (Phi) is 47.0. The van der Waals surface area contributed by atoms with Gasteiger partial charge >= 0.3 is 23.9 Å². The van der Waals surface area contributed by atoms with Crippen molar-refractivity contribution < 1.29 is 126 Å². The molecule has 47 nitrogen and oxygen atoms in total. The summed E-state index contributed by atoms with van der Waals surface area (Å²) in [7, 11) is 0. The fourth-order valence-electron chi connectivity index (χ4n) is 12.9. The SMILES string of the molecule is CC[C@H](C)[C@H](NC(=O)[C@H](CCC(N)=O)NC(=O)[C@H](Cc1ccccc1)NC(=O)[C@@H](NC(=O)[C@H](CC(N)=O)NC(=O)[C@H](C)NC(=O)[C@H](CC(C)C)NC(=O)[C@@H](NC(=O)[C@H](CC(=O)O)NC(=O)[C@H](CC(=O)O)NC(=O)[C@H](CC(=O)O)NC(=O)[C@@H]1CCCN1C(=O)[C@H](CC(C)C)NC(=O)[C@H](C)N)C(C)C)[C@@H](C)CC)C(=O)N[C@@H](CO)C(=O)N[C@@H](CCCNC(=N)N)C(=O)O. The first-order chi connectivity index (χ1) is 58.9. The largest absolute Gasteiger partial charge is 0.481 e. The van der Waals surface area contributed by atoms with Crippen LogP contribution in [0.1, 0.15) is 179 Å². The molecule has 1 aliphatic heterocycles. The molecule has 1 heterocycles. The van der Waals surface area contributed by atoms with E-state index in [4.69, 9.17) is 28.3 Å². The van der Waals surface area contributed by atoms with Crippen molar-refractivity contribution in [2.45, 2.75) is 276 Å². The van der Waals surface area contributed by atoms with Crippen LogP contribution in [0.15, 0.2) is 30.3 Å². The van der Waals surface area contributed by atoms with E-state index in [0.717, 1.165) is 11.8 Å². The number of guanidine groups is 1. The van der Waals surface area contributed by atoms with Crippen LogP contribution < -0.4 is 103 Å². The van der Waals surface area contributed by atoms with Gasteiger partial charge in [0, 0.05) is 25.9 Å². The van der Waals surface area contributed by atoms with Crippen LogP contribution >= 0.6 is 0 Å². The predicted octanol–water partition coefficient (Wildman–Crippen LogP) is -6.88. The van der Waals surface area contributed by atoms with Crippen molar-refractivity contribution in [1.29, 1.82) is 5.41 Å². The second kappa shape index (κ2) is 54.1. The smallest absolute Gasteiger partial charge is 0.326 e. The first-order valence-corrected chi connectivity index (χ1v) is 41.4. The first-order valence-electron chi connectivity index (χ1n) is 41.4. The third kappa shape index (κ3) is 38.6. The molecule has 0 aliphatic carbocycles. The highest BCUT2D eigenvalue weighted by molar-refractivity contribution is 6.03. The number of hydrogen-bond donors (Lipinski definition) is 25. The number of amides is 17. The van der Waals surface area contributed by atoms with Gasteiger partial charge in [-0.2, -0.15) is 0 Å². The lowest BCUT2D eigenvalue weighted by Gasteiger charge is -2.31. The minimum atomic E-state index is -2.24. The Morgan fingerprint density at radius 2 is 0.833 bits per heavy atom. The molecule has 1 fully saturated rings. The lowest BCUT2D eigenvalue weighted by Crippen LogP contribution is -2.62. The van der Waals surface area contributed by atoms with E-state index < -0.39 is 290 Å². The van der Waals surface area contributed by atoms with E-state index in [9.17, 15) is 126 Å². The molecule has 0 bridgehead atoms. The van der Waals surface area contributed by atoms with Crippen LogP contribution in [0.25, 0.3) is 0 Å². The average molecular weight is 1790 g/mol. The van der Waals surface area contributed by atoms with Gasteiger partial charge in [-0.05, 0) is 93.9 Å². The zero-order valence-electron chi connectivity index (χ0n) is 72.8. The summed E-state index contributed by atoms with van der Waals surface area (Å²) in [6, 6.07) is -18.5. The van der Waals surface area contributed by atoms with E-state index in [0.29, 0.717) is 5.56 Å². The van der Waals surface area contributed by atoms with E-state index in [-0.39, 0.29) is 82.8 Å². The molecule has 1 aromatic carbocycles. The van der Waals surface area contributed by atoms with Gasteiger partial charge in [0.05, 0.1) is 38.3 Å². The second-order valence-electron chi connectivity index (χ2n) is 32.2. The molecule has 2 rings (SSSR count). The molecule has 0 spiro atoms. The van der Waals surface area contributed by atoms with E-state index in [1.54, 1.807) is 71.9 Å². The lowest BCUT2D eigenvalue weighted by molar-refractivity contribution is -0.145. The summed E-state index contributed by atoms with van der Waals surface area (Å²) in [5, 5.41) is 92.4. The third-order valence-electron chi connectivity index (χ3n) is 20.2. The number of carboxylic acid groups (broad SMARTS) is 4. The quantitative estimate of drug-likeness (QED) is 0.0164. The van der Waals surface area contributed by atoms with Crippen molar-refractivity contribution in [2.24, 2.45) is 52.5 Å². The summed E-state index contributed by atoms with van der Waals surface area (Å²) >= 11 is 0. The minimum Gasteiger partial charge on any atom is -0.481 e. The van der Waals surface area contributed by atoms with E-state index in [2.05, 4.69) is 69.1 Å². The number of aliphatic hydroxyl groups excluding tert-OH is 1. The maximum Gasteiger partial charge on any atom is 0.326 e. The summed E-state index contributed by atoms with van der Waals surface area (Å²) < 4.78 is 0. The van der Waals surface area contributed by atoms with Crippen molar-refractivity contribution in [3.05, 3.63) is 35.9 Å². The number of benzene rings is 1. The number of nitrogens with one attached hydrogen (secondary N) is 16. The molecule has 17 amide bonds. The number of nitrogens with zero attached hydrogens (tertiary/aromatic N) is 1. The lowest BCUT2D eigenvalue weighted by atomic mass is 9.96. The van der Waals surface area contributed by atoms with Crippen molar-refractivity contribution in [3.63, 3.8) is 0 Å². The molecular formula is C79H127N21O26. The van der Waals surface area contributed by atoms with Gasteiger partial charge in [0.15, 0.2) is 5.96 Å². The summed E-state index contributed by atoms with van der Waals surface area (Å²) in [6.07, 6.45) is -5.53. The molecule has 1 saturated heterocycles. The van der Waals surface area contributed by atoms with Gasteiger partial charge < -0.3 is 133 Å². The van der Waals surface area contributed by atoms with E-state index in [1.807, 2.05) is 10.6 Å².